The van der Waals surface area contributed by atoms with Gasteiger partial charge in [0.25, 0.3) is 0 Å². The lowest BCUT2D eigenvalue weighted by atomic mass is 9.92. The highest BCUT2D eigenvalue weighted by Crippen LogP contribution is 2.13. The lowest BCUT2D eigenvalue weighted by Crippen LogP contribution is -2.48. The second-order valence-corrected chi connectivity index (χ2v) is 6.33. The van der Waals surface area contributed by atoms with Crippen LogP contribution in [0, 0.1) is 5.41 Å². The van der Waals surface area contributed by atoms with E-state index in [1.807, 2.05) is 20.8 Å². The summed E-state index contributed by atoms with van der Waals surface area (Å²) in [7, 11) is 3.40. The SMILES string of the molecule is CCCCNC(=NCC(=O)N(C)C)NCC(C)(C)C(=O)NCC. The minimum absolute atomic E-state index is 0.00947. The molecule has 2 amide bonds. The molecule has 23 heavy (non-hydrogen) atoms. The van der Waals surface area contributed by atoms with Gasteiger partial charge in [-0.15, -0.1) is 0 Å². The number of carbonyl (C=O) groups excluding carboxylic acids is 2. The van der Waals surface area contributed by atoms with E-state index in [0.717, 1.165) is 19.4 Å². The number of rotatable bonds is 9. The number of carbonyl (C=O) groups is 2. The number of unbranched alkanes of at least 4 members (excludes halogenated alkanes) is 1. The van der Waals surface area contributed by atoms with Crippen molar-refractivity contribution in [2.75, 3.05) is 40.3 Å². The molecule has 0 aliphatic rings. The van der Waals surface area contributed by atoms with E-state index < -0.39 is 5.41 Å². The van der Waals surface area contributed by atoms with Crippen molar-refractivity contribution in [1.29, 1.82) is 0 Å². The summed E-state index contributed by atoms with van der Waals surface area (Å²) < 4.78 is 0. The lowest BCUT2D eigenvalue weighted by Gasteiger charge is -2.25. The van der Waals surface area contributed by atoms with Crippen molar-refractivity contribution in [2.45, 2.75) is 40.5 Å². The summed E-state index contributed by atoms with van der Waals surface area (Å²) >= 11 is 0. The zero-order chi connectivity index (χ0) is 17.9. The molecular formula is C16H33N5O2. The molecule has 0 unspecified atom stereocenters. The summed E-state index contributed by atoms with van der Waals surface area (Å²) in [6.45, 7) is 9.66. The van der Waals surface area contributed by atoms with Crippen LogP contribution in [0.15, 0.2) is 4.99 Å². The number of nitrogens with one attached hydrogen (secondary N) is 3. The van der Waals surface area contributed by atoms with Crippen LogP contribution in [0.3, 0.4) is 0 Å². The summed E-state index contributed by atoms with van der Waals surface area (Å²) in [4.78, 5) is 29.5. The van der Waals surface area contributed by atoms with Gasteiger partial charge in [0.1, 0.15) is 6.54 Å². The molecule has 0 aromatic heterocycles. The first kappa shape index (κ1) is 21.2. The van der Waals surface area contributed by atoms with Crippen LogP contribution < -0.4 is 16.0 Å². The highest BCUT2D eigenvalue weighted by molar-refractivity contribution is 5.86. The maximum absolute atomic E-state index is 12.0. The van der Waals surface area contributed by atoms with Gasteiger partial charge in [0, 0.05) is 33.7 Å². The first-order chi connectivity index (χ1) is 10.7. The summed E-state index contributed by atoms with van der Waals surface area (Å²) in [6.07, 6.45) is 2.09. The third-order valence-electron chi connectivity index (χ3n) is 3.34. The number of hydrogen-bond acceptors (Lipinski definition) is 3. The van der Waals surface area contributed by atoms with Crippen molar-refractivity contribution in [3.05, 3.63) is 0 Å². The van der Waals surface area contributed by atoms with Gasteiger partial charge in [0.15, 0.2) is 5.96 Å². The van der Waals surface area contributed by atoms with Crippen molar-refractivity contribution in [2.24, 2.45) is 10.4 Å². The van der Waals surface area contributed by atoms with E-state index in [9.17, 15) is 9.59 Å². The van der Waals surface area contributed by atoms with Crippen LogP contribution in [-0.4, -0.2) is 62.9 Å². The van der Waals surface area contributed by atoms with Crippen LogP contribution in [0.5, 0.6) is 0 Å². The second kappa shape index (κ2) is 10.9. The largest absolute Gasteiger partial charge is 0.356 e. The summed E-state index contributed by atoms with van der Waals surface area (Å²) in [5, 5.41) is 9.18. The monoisotopic (exact) mass is 327 g/mol. The van der Waals surface area contributed by atoms with E-state index in [0.29, 0.717) is 19.0 Å². The van der Waals surface area contributed by atoms with E-state index in [1.165, 1.54) is 4.90 Å². The highest BCUT2D eigenvalue weighted by atomic mass is 16.2. The van der Waals surface area contributed by atoms with Crippen molar-refractivity contribution < 1.29 is 9.59 Å². The molecule has 0 fully saturated rings. The van der Waals surface area contributed by atoms with Crippen molar-refractivity contribution in [3.8, 4) is 0 Å². The maximum atomic E-state index is 12.0. The van der Waals surface area contributed by atoms with Gasteiger partial charge in [-0.05, 0) is 27.2 Å². The molecule has 0 spiro atoms. The van der Waals surface area contributed by atoms with E-state index in [1.54, 1.807) is 14.1 Å². The van der Waals surface area contributed by atoms with Crippen LogP contribution in [0.25, 0.3) is 0 Å². The van der Waals surface area contributed by atoms with Gasteiger partial charge in [-0.3, -0.25) is 9.59 Å². The van der Waals surface area contributed by atoms with Crippen LogP contribution in [-0.2, 0) is 9.59 Å². The normalized spacial score (nSPS) is 11.8. The zero-order valence-corrected chi connectivity index (χ0v) is 15.5. The Balaban J connectivity index is 4.71. The predicted octanol–water partition coefficient (Wildman–Crippen LogP) is 0.572. The van der Waals surface area contributed by atoms with Crippen LogP contribution >= 0.6 is 0 Å². The lowest BCUT2D eigenvalue weighted by molar-refractivity contribution is -0.129. The number of nitrogens with zero attached hydrogens (tertiary/aromatic N) is 2. The third-order valence-corrected chi connectivity index (χ3v) is 3.34. The van der Waals surface area contributed by atoms with Crippen molar-refractivity contribution in [1.82, 2.24) is 20.9 Å². The van der Waals surface area contributed by atoms with Crippen LogP contribution in [0.1, 0.15) is 40.5 Å². The average molecular weight is 327 g/mol. The predicted molar refractivity (Wildman–Crippen MR) is 94.4 cm³/mol. The molecule has 7 heteroatoms. The van der Waals surface area contributed by atoms with E-state index in [2.05, 4.69) is 27.9 Å². The smallest absolute Gasteiger partial charge is 0.243 e. The quantitative estimate of drug-likeness (QED) is 0.328. The van der Waals surface area contributed by atoms with Gasteiger partial charge in [0.2, 0.25) is 11.8 Å². The van der Waals surface area contributed by atoms with Gasteiger partial charge < -0.3 is 20.9 Å². The Hall–Kier alpha value is -1.79. The first-order valence-electron chi connectivity index (χ1n) is 8.25. The molecule has 3 N–H and O–H groups in total. The Kier molecular flexibility index (Phi) is 10.0. The Morgan fingerprint density at radius 1 is 1.09 bits per heavy atom. The van der Waals surface area contributed by atoms with Gasteiger partial charge in [0.05, 0.1) is 5.41 Å². The molecule has 0 aliphatic carbocycles. The maximum Gasteiger partial charge on any atom is 0.243 e. The molecule has 7 nitrogen and oxygen atoms in total. The van der Waals surface area contributed by atoms with Crippen LogP contribution in [0.2, 0.25) is 0 Å². The van der Waals surface area contributed by atoms with Gasteiger partial charge in [-0.2, -0.15) is 0 Å². The van der Waals surface area contributed by atoms with Gasteiger partial charge >= 0.3 is 0 Å². The number of guanidine groups is 1. The Labute approximate surface area is 140 Å². The number of amides is 2. The average Bonchev–Trinajstić information content (AvgIpc) is 2.49. The molecule has 0 heterocycles. The fourth-order valence-corrected chi connectivity index (χ4v) is 1.63. The standard InChI is InChI=1S/C16H33N5O2/c1-7-9-10-18-15(19-11-13(22)21(5)6)20-12-16(3,4)14(23)17-8-2/h7-12H2,1-6H3,(H,17,23)(H2,18,19,20). The second-order valence-electron chi connectivity index (χ2n) is 6.33. The molecule has 0 saturated heterocycles. The zero-order valence-electron chi connectivity index (χ0n) is 15.5. The minimum Gasteiger partial charge on any atom is -0.356 e. The molecule has 0 bridgehead atoms. The fraction of sp³-hybridized carbons (Fsp3) is 0.812. The molecule has 0 rings (SSSR count). The van der Waals surface area contributed by atoms with Crippen molar-refractivity contribution >= 4 is 17.8 Å². The topological polar surface area (TPSA) is 85.8 Å². The third kappa shape index (κ3) is 9.05. The number of likely N-dealkylation sites (N-methyl/N-ethyl adjacent to an activating group) is 1. The Morgan fingerprint density at radius 3 is 2.26 bits per heavy atom. The molecule has 134 valence electrons. The Bertz CT molecular complexity index is 405. The highest BCUT2D eigenvalue weighted by Gasteiger charge is 2.27. The fourth-order valence-electron chi connectivity index (χ4n) is 1.63. The molecule has 0 atom stereocenters. The number of aliphatic imine (C=N–C) groups is 1. The molecule has 0 aromatic rings. The Morgan fingerprint density at radius 2 is 1.74 bits per heavy atom. The first-order valence-corrected chi connectivity index (χ1v) is 8.25. The number of hydrogen-bond donors (Lipinski definition) is 3. The van der Waals surface area contributed by atoms with Gasteiger partial charge in [-0.25, -0.2) is 4.99 Å². The van der Waals surface area contributed by atoms with E-state index in [4.69, 9.17) is 0 Å². The summed E-state index contributed by atoms with van der Waals surface area (Å²) in [5.41, 5.74) is -0.561. The molecule has 0 aromatic carbocycles. The summed E-state index contributed by atoms with van der Waals surface area (Å²) in [5.74, 6) is 0.486. The molecule has 0 aliphatic heterocycles. The van der Waals surface area contributed by atoms with Gasteiger partial charge in [-0.1, -0.05) is 13.3 Å². The molecular weight excluding hydrogens is 294 g/mol. The van der Waals surface area contributed by atoms with Crippen LogP contribution in [0.4, 0.5) is 0 Å². The molecule has 0 saturated carbocycles. The van der Waals surface area contributed by atoms with E-state index in [-0.39, 0.29) is 18.4 Å². The molecule has 0 radical (unpaired) electrons. The van der Waals surface area contributed by atoms with Crippen molar-refractivity contribution in [3.63, 3.8) is 0 Å². The van der Waals surface area contributed by atoms with E-state index >= 15 is 0 Å². The summed E-state index contributed by atoms with van der Waals surface area (Å²) in [6, 6.07) is 0. The minimum atomic E-state index is -0.561.